The molecule has 2 heterocycles. The lowest BCUT2D eigenvalue weighted by molar-refractivity contribution is 0.582. The third-order valence-electron chi connectivity index (χ3n) is 4.56. The number of nitrogen functional groups attached to an aromatic ring is 1. The Labute approximate surface area is 130 Å². The number of piperazine rings is 1. The minimum absolute atomic E-state index is 0.379. The molecule has 4 rings (SSSR count). The summed E-state index contributed by atoms with van der Waals surface area (Å²) in [5.41, 5.74) is 10.9. The van der Waals surface area contributed by atoms with E-state index in [1.165, 1.54) is 16.7 Å². The molecule has 1 aromatic carbocycles. The summed E-state index contributed by atoms with van der Waals surface area (Å²) in [6, 6.07) is 8.54. The standard InChI is InChI=1S/C17H21N5/c18-17-20-15-13-6-2-1-4-12(13)5-3-7-14(15)16(21-17)22-10-8-19-9-11-22/h1-2,4,6,19H,3,5,7-11H2,(H2,18,20,21). The van der Waals surface area contributed by atoms with Gasteiger partial charge in [0.15, 0.2) is 0 Å². The molecule has 1 aromatic heterocycles. The van der Waals surface area contributed by atoms with Crippen molar-refractivity contribution in [3.05, 3.63) is 35.4 Å². The summed E-state index contributed by atoms with van der Waals surface area (Å²) in [6.07, 6.45) is 3.24. The smallest absolute Gasteiger partial charge is 0.222 e. The van der Waals surface area contributed by atoms with E-state index in [1.807, 2.05) is 0 Å². The van der Waals surface area contributed by atoms with Crippen molar-refractivity contribution in [3.63, 3.8) is 0 Å². The van der Waals surface area contributed by atoms with Crippen molar-refractivity contribution in [2.75, 3.05) is 36.8 Å². The molecule has 3 N–H and O–H groups in total. The maximum atomic E-state index is 6.03. The highest BCUT2D eigenvalue weighted by atomic mass is 15.2. The Morgan fingerprint density at radius 2 is 1.86 bits per heavy atom. The minimum atomic E-state index is 0.379. The van der Waals surface area contributed by atoms with E-state index in [9.17, 15) is 0 Å². The molecule has 0 saturated carbocycles. The Morgan fingerprint density at radius 1 is 1.05 bits per heavy atom. The first-order valence-electron chi connectivity index (χ1n) is 8.03. The van der Waals surface area contributed by atoms with E-state index in [0.717, 1.165) is 57.0 Å². The summed E-state index contributed by atoms with van der Waals surface area (Å²) in [5.74, 6) is 1.42. The SMILES string of the molecule is Nc1nc2c(c(N3CCNCC3)n1)CCCc1ccccc1-2. The van der Waals surface area contributed by atoms with E-state index in [4.69, 9.17) is 5.73 Å². The third kappa shape index (κ3) is 2.31. The van der Waals surface area contributed by atoms with Crippen LogP contribution in [0.5, 0.6) is 0 Å². The summed E-state index contributed by atoms with van der Waals surface area (Å²) < 4.78 is 0. The van der Waals surface area contributed by atoms with Crippen LogP contribution in [-0.2, 0) is 12.8 Å². The largest absolute Gasteiger partial charge is 0.368 e. The zero-order valence-electron chi connectivity index (χ0n) is 12.7. The van der Waals surface area contributed by atoms with Gasteiger partial charge in [-0.05, 0) is 24.8 Å². The van der Waals surface area contributed by atoms with Crippen molar-refractivity contribution in [1.29, 1.82) is 0 Å². The lowest BCUT2D eigenvalue weighted by atomic mass is 10.0. The number of fused-ring (bicyclic) bond motifs is 3. The number of hydrogen-bond acceptors (Lipinski definition) is 5. The van der Waals surface area contributed by atoms with Gasteiger partial charge in [-0.2, -0.15) is 4.98 Å². The Bertz CT molecular complexity index is 691. The van der Waals surface area contributed by atoms with Gasteiger partial charge in [-0.25, -0.2) is 4.98 Å². The van der Waals surface area contributed by atoms with Crippen LogP contribution in [-0.4, -0.2) is 36.1 Å². The van der Waals surface area contributed by atoms with Crippen LogP contribution < -0.4 is 16.0 Å². The average molecular weight is 295 g/mol. The van der Waals surface area contributed by atoms with E-state index in [1.54, 1.807) is 0 Å². The fraction of sp³-hybridized carbons (Fsp3) is 0.412. The van der Waals surface area contributed by atoms with E-state index >= 15 is 0 Å². The van der Waals surface area contributed by atoms with Crippen LogP contribution in [0.2, 0.25) is 0 Å². The minimum Gasteiger partial charge on any atom is -0.368 e. The molecule has 22 heavy (non-hydrogen) atoms. The number of anilines is 2. The molecular formula is C17H21N5. The van der Waals surface area contributed by atoms with Gasteiger partial charge in [-0.3, -0.25) is 0 Å². The van der Waals surface area contributed by atoms with Crippen molar-refractivity contribution in [1.82, 2.24) is 15.3 Å². The topological polar surface area (TPSA) is 67.1 Å². The predicted octanol–water partition coefficient (Wildman–Crippen LogP) is 1.62. The number of benzene rings is 1. The Balaban J connectivity index is 1.88. The zero-order valence-corrected chi connectivity index (χ0v) is 12.7. The fourth-order valence-electron chi connectivity index (χ4n) is 3.51. The number of rotatable bonds is 1. The van der Waals surface area contributed by atoms with Gasteiger partial charge in [0.05, 0.1) is 5.69 Å². The van der Waals surface area contributed by atoms with Crippen LogP contribution in [0.3, 0.4) is 0 Å². The molecule has 1 aliphatic heterocycles. The molecule has 0 atom stereocenters. The highest BCUT2D eigenvalue weighted by molar-refractivity contribution is 5.74. The third-order valence-corrected chi connectivity index (χ3v) is 4.56. The summed E-state index contributed by atoms with van der Waals surface area (Å²) in [4.78, 5) is 11.5. The predicted molar refractivity (Wildman–Crippen MR) is 89.0 cm³/mol. The Morgan fingerprint density at radius 3 is 2.73 bits per heavy atom. The van der Waals surface area contributed by atoms with Gasteiger partial charge in [-0.15, -0.1) is 0 Å². The summed E-state index contributed by atoms with van der Waals surface area (Å²) in [6.45, 7) is 3.94. The first kappa shape index (κ1) is 13.5. The maximum absolute atomic E-state index is 6.03. The average Bonchev–Trinajstić information content (AvgIpc) is 2.75. The van der Waals surface area contributed by atoms with Gasteiger partial charge >= 0.3 is 0 Å². The molecule has 2 aliphatic rings. The quantitative estimate of drug-likeness (QED) is 0.837. The molecule has 0 amide bonds. The molecule has 1 aliphatic carbocycles. The van der Waals surface area contributed by atoms with Gasteiger partial charge in [0.2, 0.25) is 5.95 Å². The van der Waals surface area contributed by atoms with Crippen LogP contribution in [0.25, 0.3) is 11.3 Å². The molecule has 5 nitrogen and oxygen atoms in total. The molecule has 5 heteroatoms. The van der Waals surface area contributed by atoms with Crippen LogP contribution in [0, 0.1) is 0 Å². The first-order valence-corrected chi connectivity index (χ1v) is 8.03. The van der Waals surface area contributed by atoms with Gasteiger partial charge in [-0.1, -0.05) is 24.3 Å². The van der Waals surface area contributed by atoms with Crippen LogP contribution >= 0.6 is 0 Å². The van der Waals surface area contributed by atoms with E-state index < -0.39 is 0 Å². The van der Waals surface area contributed by atoms with Crippen molar-refractivity contribution in [3.8, 4) is 11.3 Å². The molecular weight excluding hydrogens is 274 g/mol. The molecule has 1 fully saturated rings. The van der Waals surface area contributed by atoms with E-state index in [-0.39, 0.29) is 0 Å². The molecule has 0 bridgehead atoms. The number of nitrogens with one attached hydrogen (secondary N) is 1. The molecule has 0 spiro atoms. The normalized spacial score (nSPS) is 17.5. The molecule has 0 unspecified atom stereocenters. The zero-order chi connectivity index (χ0) is 14.9. The van der Waals surface area contributed by atoms with E-state index in [2.05, 4.69) is 44.5 Å². The number of nitrogens with two attached hydrogens (primary N) is 1. The first-order chi connectivity index (χ1) is 10.8. The summed E-state index contributed by atoms with van der Waals surface area (Å²) >= 11 is 0. The Hall–Kier alpha value is -2.14. The molecule has 2 aromatic rings. The van der Waals surface area contributed by atoms with Gasteiger partial charge in [0.25, 0.3) is 0 Å². The number of aryl methyl sites for hydroxylation is 1. The second-order valence-electron chi connectivity index (χ2n) is 5.98. The summed E-state index contributed by atoms with van der Waals surface area (Å²) in [7, 11) is 0. The van der Waals surface area contributed by atoms with Gasteiger partial charge in [0.1, 0.15) is 5.82 Å². The van der Waals surface area contributed by atoms with Gasteiger partial charge < -0.3 is 16.0 Å². The molecule has 114 valence electrons. The summed E-state index contributed by atoms with van der Waals surface area (Å²) in [5, 5.41) is 3.39. The number of aromatic nitrogens is 2. The lowest BCUT2D eigenvalue weighted by Crippen LogP contribution is -2.44. The number of hydrogen-bond donors (Lipinski definition) is 2. The fourth-order valence-corrected chi connectivity index (χ4v) is 3.51. The highest BCUT2D eigenvalue weighted by Gasteiger charge is 2.23. The monoisotopic (exact) mass is 295 g/mol. The van der Waals surface area contributed by atoms with Crippen molar-refractivity contribution < 1.29 is 0 Å². The molecule has 0 radical (unpaired) electrons. The lowest BCUT2D eigenvalue weighted by Gasteiger charge is -2.30. The van der Waals surface area contributed by atoms with Gasteiger partial charge in [0, 0.05) is 37.3 Å². The molecule has 1 saturated heterocycles. The Kier molecular flexibility index (Phi) is 3.42. The second-order valence-corrected chi connectivity index (χ2v) is 5.98. The highest BCUT2D eigenvalue weighted by Crippen LogP contribution is 2.35. The second kappa shape index (κ2) is 5.57. The maximum Gasteiger partial charge on any atom is 0.222 e. The van der Waals surface area contributed by atoms with Crippen LogP contribution in [0.1, 0.15) is 17.5 Å². The van der Waals surface area contributed by atoms with Crippen LogP contribution in [0.15, 0.2) is 24.3 Å². The van der Waals surface area contributed by atoms with Crippen molar-refractivity contribution >= 4 is 11.8 Å². The number of nitrogens with zero attached hydrogens (tertiary/aromatic N) is 3. The van der Waals surface area contributed by atoms with Crippen molar-refractivity contribution in [2.45, 2.75) is 19.3 Å². The van der Waals surface area contributed by atoms with E-state index in [0.29, 0.717) is 5.95 Å². The van der Waals surface area contributed by atoms with Crippen LogP contribution in [0.4, 0.5) is 11.8 Å². The van der Waals surface area contributed by atoms with Crippen molar-refractivity contribution in [2.24, 2.45) is 0 Å².